The Bertz CT molecular complexity index is 1620. The number of carbonyl (C=O) groups is 3. The molecule has 0 radical (unpaired) electrons. The van der Waals surface area contributed by atoms with Crippen molar-refractivity contribution >= 4 is 51.8 Å². The Hall–Kier alpha value is -3.37. The van der Waals surface area contributed by atoms with Gasteiger partial charge in [-0.25, -0.2) is 14.8 Å². The molecule has 14 heteroatoms. The smallest absolute Gasteiger partial charge is 0.328 e. The van der Waals surface area contributed by atoms with Gasteiger partial charge >= 0.3 is 5.97 Å². The van der Waals surface area contributed by atoms with E-state index < -0.39 is 17.4 Å². The molecule has 0 aromatic carbocycles. The SMILES string of the molecule is CC(C)(C)c1csc(NC(=O)c2ccn3c(=O)c(/C=C/C(=O)O)c(N4CCCC(NC(=O)CC[N+](C)(C)C)C4)nc3c2)n1.[I-]. The summed E-state index contributed by atoms with van der Waals surface area (Å²) in [5.74, 6) is -1.32. The summed E-state index contributed by atoms with van der Waals surface area (Å²) in [5.41, 5.74) is 0.901. The first-order valence-corrected chi connectivity index (χ1v) is 15.1. The van der Waals surface area contributed by atoms with Crippen LogP contribution in [0.25, 0.3) is 11.7 Å². The number of nitrogens with one attached hydrogen (secondary N) is 2. The second-order valence-corrected chi connectivity index (χ2v) is 13.7. The van der Waals surface area contributed by atoms with Gasteiger partial charge in [-0.3, -0.25) is 24.1 Å². The van der Waals surface area contributed by atoms with Crippen molar-refractivity contribution in [2.75, 3.05) is 51.0 Å². The molecule has 4 rings (SSSR count). The molecule has 3 aromatic heterocycles. The molecule has 3 aromatic rings. The second-order valence-electron chi connectivity index (χ2n) is 12.8. The second kappa shape index (κ2) is 14.2. The number of hydrogen-bond acceptors (Lipinski definition) is 8. The molecular weight excluding hydrogens is 697 g/mol. The Labute approximate surface area is 277 Å². The molecule has 1 unspecified atom stereocenters. The van der Waals surface area contributed by atoms with Crippen LogP contribution in [0, 0.1) is 0 Å². The Morgan fingerprint density at radius 3 is 2.57 bits per heavy atom. The van der Waals surface area contributed by atoms with E-state index in [-0.39, 0.29) is 52.6 Å². The Balaban J connectivity index is 0.00000529. The Morgan fingerprint density at radius 1 is 1.20 bits per heavy atom. The molecule has 1 aliphatic rings. The number of carboxylic acid groups (broad SMARTS) is 1. The van der Waals surface area contributed by atoms with Gasteiger partial charge in [0.25, 0.3) is 11.5 Å². The molecular formula is C30H40IN7O5S. The van der Waals surface area contributed by atoms with E-state index in [1.165, 1.54) is 40.1 Å². The Morgan fingerprint density at radius 2 is 1.93 bits per heavy atom. The molecule has 1 aliphatic heterocycles. The number of rotatable bonds is 9. The van der Waals surface area contributed by atoms with Crippen molar-refractivity contribution in [2.45, 2.75) is 51.5 Å². The van der Waals surface area contributed by atoms with Gasteiger partial charge in [-0.05, 0) is 31.1 Å². The number of hydrogen-bond donors (Lipinski definition) is 3. The van der Waals surface area contributed by atoms with E-state index in [0.29, 0.717) is 47.1 Å². The average Bonchev–Trinajstić information content (AvgIpc) is 3.40. The fourth-order valence-corrected chi connectivity index (χ4v) is 5.62. The van der Waals surface area contributed by atoms with Crippen molar-refractivity contribution in [3.63, 3.8) is 0 Å². The number of carboxylic acids is 1. The lowest BCUT2D eigenvalue weighted by atomic mass is 9.93. The summed E-state index contributed by atoms with van der Waals surface area (Å²) in [6.07, 6.45) is 5.53. The summed E-state index contributed by atoms with van der Waals surface area (Å²) in [6.45, 7) is 7.81. The molecule has 4 heterocycles. The number of fused-ring (bicyclic) bond motifs is 1. The predicted molar refractivity (Wildman–Crippen MR) is 168 cm³/mol. The first kappa shape index (κ1) is 35.1. The third kappa shape index (κ3) is 9.08. The quantitative estimate of drug-likeness (QED) is 0.158. The highest BCUT2D eigenvalue weighted by Crippen LogP contribution is 2.27. The summed E-state index contributed by atoms with van der Waals surface area (Å²) in [7, 11) is 6.09. The number of thiazole rings is 1. The number of carbonyl (C=O) groups excluding carboxylic acids is 2. The normalized spacial score (nSPS) is 15.7. The number of amides is 2. The summed E-state index contributed by atoms with van der Waals surface area (Å²) in [6, 6.07) is 2.88. The maximum absolute atomic E-state index is 13.6. The van der Waals surface area contributed by atoms with Gasteiger partial charge in [0.15, 0.2) is 5.13 Å². The number of aromatic nitrogens is 3. The van der Waals surface area contributed by atoms with Crippen molar-refractivity contribution in [1.82, 2.24) is 19.7 Å². The third-order valence-corrected chi connectivity index (χ3v) is 7.85. The lowest BCUT2D eigenvalue weighted by Crippen LogP contribution is -3.00. The average molecular weight is 738 g/mol. The van der Waals surface area contributed by atoms with Crippen molar-refractivity contribution in [3.8, 4) is 0 Å². The zero-order valence-electron chi connectivity index (χ0n) is 25.9. The fourth-order valence-electron chi connectivity index (χ4n) is 4.69. The molecule has 3 N–H and O–H groups in total. The van der Waals surface area contributed by atoms with Crippen LogP contribution in [0.2, 0.25) is 0 Å². The first-order valence-electron chi connectivity index (χ1n) is 14.2. The number of aliphatic carboxylic acids is 1. The van der Waals surface area contributed by atoms with Crippen molar-refractivity contribution in [1.29, 1.82) is 0 Å². The van der Waals surface area contributed by atoms with Crippen LogP contribution in [-0.2, 0) is 15.0 Å². The molecule has 44 heavy (non-hydrogen) atoms. The van der Waals surface area contributed by atoms with E-state index in [2.05, 4.69) is 15.6 Å². The van der Waals surface area contributed by atoms with E-state index in [1.807, 2.05) is 52.2 Å². The summed E-state index contributed by atoms with van der Waals surface area (Å²) < 4.78 is 1.97. The van der Waals surface area contributed by atoms with Crippen LogP contribution in [0.1, 0.15) is 61.6 Å². The van der Waals surface area contributed by atoms with Crippen molar-refractivity contribution in [3.05, 3.63) is 57.0 Å². The van der Waals surface area contributed by atoms with Crippen molar-refractivity contribution in [2.24, 2.45) is 0 Å². The van der Waals surface area contributed by atoms with Crippen LogP contribution in [0.3, 0.4) is 0 Å². The van der Waals surface area contributed by atoms with Gasteiger partial charge in [0.2, 0.25) is 5.91 Å². The molecule has 1 fully saturated rings. The maximum Gasteiger partial charge on any atom is 0.328 e. The van der Waals surface area contributed by atoms with Gasteiger partial charge in [0.05, 0.1) is 45.4 Å². The van der Waals surface area contributed by atoms with Crippen molar-refractivity contribution < 1.29 is 47.9 Å². The molecule has 238 valence electrons. The van der Waals surface area contributed by atoms with Gasteiger partial charge in [-0.1, -0.05) is 20.8 Å². The maximum atomic E-state index is 13.6. The van der Waals surface area contributed by atoms with Gasteiger partial charge in [0, 0.05) is 47.8 Å². The minimum atomic E-state index is -1.19. The topological polar surface area (TPSA) is 146 Å². The zero-order valence-corrected chi connectivity index (χ0v) is 28.9. The van der Waals surface area contributed by atoms with Crippen LogP contribution in [0.5, 0.6) is 0 Å². The largest absolute Gasteiger partial charge is 1.00 e. The first-order chi connectivity index (χ1) is 20.1. The van der Waals surface area contributed by atoms with Crippen LogP contribution in [0.15, 0.2) is 34.6 Å². The zero-order chi connectivity index (χ0) is 31.5. The van der Waals surface area contributed by atoms with Gasteiger partial charge in [0.1, 0.15) is 11.5 Å². The standard InChI is InChI=1S/C30H39N7O5S.HI/c1-30(2,3)22-18-43-29(32-22)34-27(41)19-11-14-36-23(16-19)33-26(21(28(36)42)9-10-25(39)40)35-13-7-8-20(17-35)31-24(38)12-15-37(4,5)6;/h9-11,14,16,18,20H,7-8,12-13,15,17H2,1-6H3,(H2-,31,32,34,38,39,40,41);1H/b10-9+;. The van der Waals surface area contributed by atoms with Crippen LogP contribution < -0.4 is 45.1 Å². The van der Waals surface area contributed by atoms with Crippen LogP contribution in [0.4, 0.5) is 10.9 Å². The number of halogens is 1. The molecule has 0 bridgehead atoms. The van der Waals surface area contributed by atoms with Crippen LogP contribution >= 0.6 is 11.3 Å². The summed E-state index contributed by atoms with van der Waals surface area (Å²) in [4.78, 5) is 61.8. The van der Waals surface area contributed by atoms with Gasteiger partial charge < -0.3 is 43.8 Å². The van der Waals surface area contributed by atoms with E-state index >= 15 is 0 Å². The highest BCUT2D eigenvalue weighted by atomic mass is 127. The lowest BCUT2D eigenvalue weighted by molar-refractivity contribution is -0.869. The molecule has 12 nitrogen and oxygen atoms in total. The van der Waals surface area contributed by atoms with E-state index in [0.717, 1.165) is 24.6 Å². The lowest BCUT2D eigenvalue weighted by Gasteiger charge is -2.35. The molecule has 0 spiro atoms. The number of anilines is 2. The molecule has 1 atom stereocenters. The summed E-state index contributed by atoms with van der Waals surface area (Å²) in [5, 5.41) is 17.6. The minimum absolute atomic E-state index is 0. The highest BCUT2D eigenvalue weighted by molar-refractivity contribution is 7.14. The monoisotopic (exact) mass is 737 g/mol. The number of nitrogens with zero attached hydrogens (tertiary/aromatic N) is 5. The predicted octanol–water partition coefficient (Wildman–Crippen LogP) is -0.0161. The molecule has 2 amide bonds. The van der Waals surface area contributed by atoms with E-state index in [1.54, 1.807) is 0 Å². The van der Waals surface area contributed by atoms with Crippen LogP contribution in [-0.4, -0.2) is 88.6 Å². The van der Waals surface area contributed by atoms with Gasteiger partial charge in [-0.15, -0.1) is 11.3 Å². The van der Waals surface area contributed by atoms with E-state index in [9.17, 15) is 24.3 Å². The molecule has 1 saturated heterocycles. The number of quaternary nitrogens is 1. The fraction of sp³-hybridized carbons (Fsp3) is 0.467. The Kier molecular flexibility index (Phi) is 11.3. The highest BCUT2D eigenvalue weighted by Gasteiger charge is 2.26. The summed E-state index contributed by atoms with van der Waals surface area (Å²) >= 11 is 1.34. The molecule has 0 saturated carbocycles. The third-order valence-electron chi connectivity index (χ3n) is 7.09. The van der Waals surface area contributed by atoms with E-state index in [4.69, 9.17) is 4.98 Å². The number of piperidine rings is 1. The molecule has 0 aliphatic carbocycles. The number of pyridine rings is 1. The van der Waals surface area contributed by atoms with Gasteiger partial charge in [-0.2, -0.15) is 0 Å². The minimum Gasteiger partial charge on any atom is -1.00 e.